The molecule has 0 bridgehead atoms. The molecular formula is C54H96NO7P. The first kappa shape index (κ1) is 60.7. The summed E-state index contributed by atoms with van der Waals surface area (Å²) in [5, 5.41) is 0. The molecule has 0 N–H and O–H groups in total. The number of carbonyl (C=O) groups is 1. The maximum atomic E-state index is 12.7. The Bertz CT molecular complexity index is 1280. The molecule has 0 aromatic heterocycles. The molecular weight excluding hydrogens is 806 g/mol. The third kappa shape index (κ3) is 50.5. The summed E-state index contributed by atoms with van der Waals surface area (Å²) in [6, 6.07) is 0. The zero-order chi connectivity index (χ0) is 46.2. The highest BCUT2D eigenvalue weighted by molar-refractivity contribution is 7.45. The lowest BCUT2D eigenvalue weighted by atomic mass is 10.1. The summed E-state index contributed by atoms with van der Waals surface area (Å²) in [6.45, 7) is 5.23. The average molecular weight is 902 g/mol. The number of carbonyl (C=O) groups excluding carboxylic acids is 1. The van der Waals surface area contributed by atoms with Crippen LogP contribution in [0.15, 0.2) is 85.1 Å². The summed E-state index contributed by atoms with van der Waals surface area (Å²) in [5.74, 6) is -0.349. The number of likely N-dealkylation sites (N-methyl/N-ethyl adjacent to an activating group) is 1. The van der Waals surface area contributed by atoms with Gasteiger partial charge in [-0.25, -0.2) is 0 Å². The van der Waals surface area contributed by atoms with E-state index in [9.17, 15) is 14.3 Å². The van der Waals surface area contributed by atoms with Crippen molar-refractivity contribution in [1.82, 2.24) is 0 Å². The van der Waals surface area contributed by atoms with Crippen LogP contribution in [0.5, 0.6) is 0 Å². The van der Waals surface area contributed by atoms with E-state index < -0.39 is 13.9 Å². The minimum Gasteiger partial charge on any atom is -0.756 e. The molecule has 2 atom stereocenters. The third-order valence-corrected chi connectivity index (χ3v) is 11.4. The number of quaternary nitrogens is 1. The molecule has 0 aliphatic rings. The van der Waals surface area contributed by atoms with Crippen LogP contribution in [0.3, 0.4) is 0 Å². The Morgan fingerprint density at radius 3 is 1.40 bits per heavy atom. The maximum absolute atomic E-state index is 12.7. The molecule has 0 spiro atoms. The quantitative estimate of drug-likeness (QED) is 0.0197. The number of nitrogens with zero attached hydrogens (tertiary/aromatic N) is 1. The van der Waals surface area contributed by atoms with Crippen molar-refractivity contribution in [1.29, 1.82) is 0 Å². The van der Waals surface area contributed by atoms with Crippen molar-refractivity contribution in [2.24, 2.45) is 0 Å². The van der Waals surface area contributed by atoms with Gasteiger partial charge in [0.25, 0.3) is 7.82 Å². The molecule has 0 amide bonds. The van der Waals surface area contributed by atoms with Crippen LogP contribution in [-0.4, -0.2) is 70.7 Å². The SMILES string of the molecule is CC/C=C\C/C=C\C/C=C\C/C=C\C/C=C\C/C=C\CCCCCCCOCC(COP(=O)([O-])OCC[N+](C)(C)C)OC(=O)CCCCCCCCC/C=C\CCCCCCCC. The van der Waals surface area contributed by atoms with E-state index >= 15 is 0 Å². The number of unbranched alkanes of at least 4 members (excludes halogenated alkanes) is 18. The van der Waals surface area contributed by atoms with E-state index in [4.69, 9.17) is 18.5 Å². The van der Waals surface area contributed by atoms with Crippen LogP contribution in [0, 0.1) is 0 Å². The van der Waals surface area contributed by atoms with Gasteiger partial charge in [-0.15, -0.1) is 0 Å². The fourth-order valence-corrected chi connectivity index (χ4v) is 7.27. The summed E-state index contributed by atoms with van der Waals surface area (Å²) < 4.78 is 34.7. The van der Waals surface area contributed by atoms with E-state index in [0.717, 1.165) is 83.5 Å². The van der Waals surface area contributed by atoms with Gasteiger partial charge in [0.15, 0.2) is 0 Å². The number of hydrogen-bond donors (Lipinski definition) is 0. The normalized spacial score (nSPS) is 14.3. The second-order valence-electron chi connectivity index (χ2n) is 17.8. The second kappa shape index (κ2) is 46.2. The fraction of sp³-hybridized carbons (Fsp3) is 0.722. The van der Waals surface area contributed by atoms with Crippen LogP contribution in [-0.2, 0) is 27.9 Å². The van der Waals surface area contributed by atoms with Gasteiger partial charge in [0.05, 0.1) is 34.4 Å². The Morgan fingerprint density at radius 2 is 0.921 bits per heavy atom. The van der Waals surface area contributed by atoms with Crippen LogP contribution in [0.1, 0.15) is 194 Å². The van der Waals surface area contributed by atoms with Gasteiger partial charge in [-0.2, -0.15) is 0 Å². The van der Waals surface area contributed by atoms with Gasteiger partial charge in [-0.3, -0.25) is 9.36 Å². The predicted octanol–water partition coefficient (Wildman–Crippen LogP) is 15.0. The zero-order valence-electron chi connectivity index (χ0n) is 41.2. The maximum Gasteiger partial charge on any atom is 0.306 e. The molecule has 0 heterocycles. The first-order valence-electron chi connectivity index (χ1n) is 25.3. The number of rotatable bonds is 46. The molecule has 0 radical (unpaired) electrons. The van der Waals surface area contributed by atoms with Gasteiger partial charge < -0.3 is 27.9 Å². The summed E-state index contributed by atoms with van der Waals surface area (Å²) in [6.07, 6.45) is 61.7. The van der Waals surface area contributed by atoms with Crippen LogP contribution < -0.4 is 4.89 Å². The first-order chi connectivity index (χ1) is 30.6. The van der Waals surface area contributed by atoms with Gasteiger partial charge in [-0.1, -0.05) is 182 Å². The highest BCUT2D eigenvalue weighted by atomic mass is 31.2. The molecule has 0 aromatic rings. The van der Waals surface area contributed by atoms with Crippen molar-refractivity contribution >= 4 is 13.8 Å². The number of esters is 1. The van der Waals surface area contributed by atoms with Crippen molar-refractivity contribution in [3.63, 3.8) is 0 Å². The van der Waals surface area contributed by atoms with Gasteiger partial charge in [0.1, 0.15) is 19.3 Å². The molecule has 0 saturated carbocycles. The van der Waals surface area contributed by atoms with Gasteiger partial charge in [0.2, 0.25) is 0 Å². The second-order valence-corrected chi connectivity index (χ2v) is 19.2. The van der Waals surface area contributed by atoms with E-state index in [1.807, 2.05) is 21.1 Å². The molecule has 0 aliphatic carbocycles. The van der Waals surface area contributed by atoms with E-state index in [1.165, 1.54) is 89.9 Å². The van der Waals surface area contributed by atoms with Crippen LogP contribution in [0.25, 0.3) is 0 Å². The number of hydrogen-bond acceptors (Lipinski definition) is 7. The predicted molar refractivity (Wildman–Crippen MR) is 268 cm³/mol. The molecule has 63 heavy (non-hydrogen) atoms. The van der Waals surface area contributed by atoms with Crippen molar-refractivity contribution in [3.8, 4) is 0 Å². The van der Waals surface area contributed by atoms with E-state index in [1.54, 1.807) is 0 Å². The largest absolute Gasteiger partial charge is 0.756 e. The smallest absolute Gasteiger partial charge is 0.306 e. The van der Waals surface area contributed by atoms with Gasteiger partial charge in [0, 0.05) is 13.0 Å². The summed E-state index contributed by atoms with van der Waals surface area (Å²) >= 11 is 0. The van der Waals surface area contributed by atoms with Crippen LogP contribution in [0.4, 0.5) is 0 Å². The molecule has 0 fully saturated rings. The molecule has 9 heteroatoms. The summed E-state index contributed by atoms with van der Waals surface area (Å²) in [7, 11) is 1.33. The number of phosphoric acid groups is 1. The first-order valence-corrected chi connectivity index (χ1v) is 26.8. The lowest BCUT2D eigenvalue weighted by Crippen LogP contribution is -2.37. The molecule has 0 saturated heterocycles. The van der Waals surface area contributed by atoms with Crippen molar-refractivity contribution in [2.75, 3.05) is 54.1 Å². The minimum absolute atomic E-state index is 0.0168. The Hall–Kier alpha value is -2.32. The molecule has 0 rings (SSSR count). The zero-order valence-corrected chi connectivity index (χ0v) is 42.1. The van der Waals surface area contributed by atoms with Crippen molar-refractivity contribution < 1.29 is 37.3 Å². The lowest BCUT2D eigenvalue weighted by Gasteiger charge is -2.28. The number of phosphoric ester groups is 1. The topological polar surface area (TPSA) is 94.1 Å². The van der Waals surface area contributed by atoms with Crippen LogP contribution in [0.2, 0.25) is 0 Å². The van der Waals surface area contributed by atoms with Gasteiger partial charge >= 0.3 is 5.97 Å². The Kier molecular flexibility index (Phi) is 44.5. The molecule has 0 aromatic carbocycles. The minimum atomic E-state index is -4.54. The van der Waals surface area contributed by atoms with E-state index in [-0.39, 0.29) is 25.8 Å². The average Bonchev–Trinajstić information content (AvgIpc) is 3.24. The molecule has 364 valence electrons. The van der Waals surface area contributed by atoms with Gasteiger partial charge in [-0.05, 0) is 89.9 Å². The third-order valence-electron chi connectivity index (χ3n) is 10.4. The lowest BCUT2D eigenvalue weighted by molar-refractivity contribution is -0.870. The Balaban J connectivity index is 4.23. The number of ether oxygens (including phenoxy) is 2. The molecule has 8 nitrogen and oxygen atoms in total. The highest BCUT2D eigenvalue weighted by Gasteiger charge is 2.20. The highest BCUT2D eigenvalue weighted by Crippen LogP contribution is 2.38. The molecule has 0 aliphatic heterocycles. The fourth-order valence-electron chi connectivity index (χ4n) is 6.54. The Morgan fingerprint density at radius 1 is 0.508 bits per heavy atom. The number of allylic oxidation sites excluding steroid dienone is 14. The van der Waals surface area contributed by atoms with Crippen molar-refractivity contribution in [2.45, 2.75) is 200 Å². The van der Waals surface area contributed by atoms with E-state index in [0.29, 0.717) is 24.1 Å². The Labute approximate surface area is 388 Å². The monoisotopic (exact) mass is 902 g/mol. The summed E-state index contributed by atoms with van der Waals surface area (Å²) in [5.41, 5.74) is 0. The molecule has 2 unspecified atom stereocenters. The summed E-state index contributed by atoms with van der Waals surface area (Å²) in [4.78, 5) is 25.2. The van der Waals surface area contributed by atoms with Crippen LogP contribution >= 0.6 is 7.82 Å². The van der Waals surface area contributed by atoms with Crippen molar-refractivity contribution in [3.05, 3.63) is 85.1 Å². The van der Waals surface area contributed by atoms with E-state index in [2.05, 4.69) is 98.9 Å². The standard InChI is InChI=1S/C54H96NO7P/c1-6-8-10-12-14-16-18-20-22-24-25-26-27-28-29-30-32-34-36-38-40-42-44-46-49-59-51-53(52-61-63(57,58)60-50-48-55(3,4)5)62-54(56)47-45-43-41-39-37-35-33-31-23-21-19-17-15-13-11-9-7-2/h8,10,14,16,20-23,25-26,28-29,32,34,53H,6-7,9,11-13,15,17-19,24,27,30-31,33,35-52H2,1-5H3/b10-8-,16-14-,22-20-,23-21-,26-25-,29-28-,34-32-.